The van der Waals surface area contributed by atoms with E-state index in [-0.39, 0.29) is 29.0 Å². The molecular weight excluding hydrogens is 370 g/mol. The van der Waals surface area contributed by atoms with Crippen LogP contribution >= 0.6 is 0 Å². The van der Waals surface area contributed by atoms with Crippen molar-refractivity contribution in [3.8, 4) is 11.1 Å². The van der Waals surface area contributed by atoms with Gasteiger partial charge in [-0.05, 0) is 44.2 Å². The Labute approximate surface area is 169 Å². The smallest absolute Gasteiger partial charge is 0.407 e. The Balaban J connectivity index is 1.52. The maximum atomic E-state index is 13.1. The first kappa shape index (κ1) is 19.2. The summed E-state index contributed by atoms with van der Waals surface area (Å²) in [5.74, 6) is -0.0204. The van der Waals surface area contributed by atoms with Gasteiger partial charge in [0.05, 0.1) is 5.54 Å². The number of hydrogen-bond acceptors (Lipinski definition) is 4. The fourth-order valence-electron chi connectivity index (χ4n) is 4.33. The van der Waals surface area contributed by atoms with Gasteiger partial charge in [-0.1, -0.05) is 30.3 Å². The van der Waals surface area contributed by atoms with E-state index in [1.807, 2.05) is 44.2 Å². The third-order valence-corrected chi connectivity index (χ3v) is 6.13. The third kappa shape index (κ3) is 3.64. The van der Waals surface area contributed by atoms with Gasteiger partial charge in [0.25, 0.3) is 11.5 Å². The van der Waals surface area contributed by atoms with E-state index in [0.717, 1.165) is 29.7 Å². The van der Waals surface area contributed by atoms with Gasteiger partial charge in [0.2, 0.25) is 0 Å². The summed E-state index contributed by atoms with van der Waals surface area (Å²) in [6, 6.07) is 11.4. The van der Waals surface area contributed by atoms with Crippen LogP contribution in [0.15, 0.2) is 41.2 Å². The molecule has 152 valence electrons. The number of aromatic nitrogens is 1. The molecule has 2 aromatic rings. The maximum absolute atomic E-state index is 13.1. The highest BCUT2D eigenvalue weighted by atomic mass is 16.6. The van der Waals surface area contributed by atoms with Gasteiger partial charge in [0.1, 0.15) is 12.2 Å². The number of amides is 2. The number of nitrogens with zero attached hydrogens (tertiary/aromatic N) is 1. The van der Waals surface area contributed by atoms with Crippen molar-refractivity contribution in [1.29, 1.82) is 0 Å². The molecule has 4 rings (SSSR count). The number of hydrogen-bond donors (Lipinski definition) is 2. The van der Waals surface area contributed by atoms with Crippen molar-refractivity contribution in [3.63, 3.8) is 0 Å². The Bertz CT molecular complexity index is 993. The van der Waals surface area contributed by atoms with Gasteiger partial charge in [-0.25, -0.2) is 4.79 Å². The first-order valence-electron chi connectivity index (χ1n) is 9.91. The average molecular weight is 395 g/mol. The van der Waals surface area contributed by atoms with E-state index in [2.05, 4.69) is 10.3 Å². The van der Waals surface area contributed by atoms with Crippen molar-refractivity contribution in [2.75, 3.05) is 19.7 Å². The molecule has 1 aromatic heterocycles. The van der Waals surface area contributed by atoms with E-state index in [1.54, 1.807) is 11.0 Å². The summed E-state index contributed by atoms with van der Waals surface area (Å²) in [5.41, 5.74) is 1.95. The molecule has 2 saturated heterocycles. The summed E-state index contributed by atoms with van der Waals surface area (Å²) in [4.78, 5) is 41.6. The van der Waals surface area contributed by atoms with Crippen LogP contribution in [-0.2, 0) is 4.74 Å². The van der Waals surface area contributed by atoms with E-state index < -0.39 is 5.54 Å². The molecular formula is C22H25N3O4. The van der Waals surface area contributed by atoms with Crippen LogP contribution in [-0.4, -0.2) is 47.1 Å². The summed E-state index contributed by atoms with van der Waals surface area (Å²) in [6.45, 7) is 5.26. The summed E-state index contributed by atoms with van der Waals surface area (Å²) in [6.07, 6.45) is 1.12. The number of benzene rings is 1. The molecule has 0 spiro atoms. The van der Waals surface area contributed by atoms with E-state index in [4.69, 9.17) is 4.74 Å². The second kappa shape index (κ2) is 7.39. The van der Waals surface area contributed by atoms with Crippen LogP contribution in [0.3, 0.4) is 0 Å². The van der Waals surface area contributed by atoms with Crippen molar-refractivity contribution in [1.82, 2.24) is 15.2 Å². The van der Waals surface area contributed by atoms with Crippen LogP contribution < -0.4 is 10.9 Å². The topological polar surface area (TPSA) is 91.5 Å². The lowest BCUT2D eigenvalue weighted by Gasteiger charge is -2.39. The van der Waals surface area contributed by atoms with E-state index in [9.17, 15) is 14.4 Å². The Hall–Kier alpha value is -3.09. The lowest BCUT2D eigenvalue weighted by Crippen LogP contribution is -2.52. The van der Waals surface area contributed by atoms with Gasteiger partial charge < -0.3 is 19.9 Å². The largest absolute Gasteiger partial charge is 0.447 e. The number of carbonyl (C=O) groups excluding carboxylic acids is 2. The number of piperidine rings is 1. The Morgan fingerprint density at radius 3 is 2.48 bits per heavy atom. The molecule has 1 unspecified atom stereocenters. The number of rotatable bonds is 3. The van der Waals surface area contributed by atoms with Crippen LogP contribution in [0, 0.1) is 12.8 Å². The zero-order valence-corrected chi connectivity index (χ0v) is 16.7. The second-order valence-corrected chi connectivity index (χ2v) is 8.10. The van der Waals surface area contributed by atoms with Crippen LogP contribution in [0.5, 0.6) is 0 Å². The highest BCUT2D eigenvalue weighted by molar-refractivity contribution is 5.95. The molecule has 0 aliphatic carbocycles. The lowest BCUT2D eigenvalue weighted by molar-refractivity contribution is 0.0621. The Morgan fingerprint density at radius 1 is 1.17 bits per heavy atom. The number of alkyl carbamates (subject to hydrolysis) is 1. The molecule has 3 heterocycles. The molecule has 2 aliphatic rings. The van der Waals surface area contributed by atoms with Crippen molar-refractivity contribution in [2.24, 2.45) is 5.92 Å². The average Bonchev–Trinajstić information content (AvgIpc) is 3.08. The SMILES string of the molecule is Cc1[nH]c(=O)c(C(=O)N2CCC(C3(C)COC(=O)N3)CC2)cc1-c1ccccc1. The molecule has 29 heavy (non-hydrogen) atoms. The fourth-order valence-corrected chi connectivity index (χ4v) is 4.33. The van der Waals surface area contributed by atoms with Gasteiger partial charge in [-0.15, -0.1) is 0 Å². The summed E-state index contributed by atoms with van der Waals surface area (Å²) >= 11 is 0. The number of aromatic amines is 1. The number of aryl methyl sites for hydroxylation is 1. The van der Waals surface area contributed by atoms with Crippen molar-refractivity contribution >= 4 is 12.0 Å². The van der Waals surface area contributed by atoms with Gasteiger partial charge in [0.15, 0.2) is 0 Å². The number of cyclic esters (lactones) is 1. The van der Waals surface area contributed by atoms with E-state index in [1.165, 1.54) is 0 Å². The molecule has 0 saturated carbocycles. The molecule has 2 N–H and O–H groups in total. The fraction of sp³-hybridized carbons (Fsp3) is 0.409. The predicted octanol–water partition coefficient (Wildman–Crippen LogP) is 2.70. The molecule has 2 fully saturated rings. The number of H-pyrrole nitrogens is 1. The summed E-state index contributed by atoms with van der Waals surface area (Å²) in [7, 11) is 0. The van der Waals surface area contributed by atoms with Crippen molar-refractivity contribution < 1.29 is 14.3 Å². The van der Waals surface area contributed by atoms with E-state index in [0.29, 0.717) is 19.7 Å². The van der Waals surface area contributed by atoms with Gasteiger partial charge >= 0.3 is 6.09 Å². The quantitative estimate of drug-likeness (QED) is 0.836. The number of carbonyl (C=O) groups is 2. The highest BCUT2D eigenvalue weighted by Crippen LogP contribution is 2.32. The Kier molecular flexibility index (Phi) is 4.90. The lowest BCUT2D eigenvalue weighted by atomic mass is 9.80. The van der Waals surface area contributed by atoms with Gasteiger partial charge in [-0.3, -0.25) is 9.59 Å². The van der Waals surface area contributed by atoms with Gasteiger partial charge in [-0.2, -0.15) is 0 Å². The summed E-state index contributed by atoms with van der Waals surface area (Å²) in [5, 5.41) is 2.90. The summed E-state index contributed by atoms with van der Waals surface area (Å²) < 4.78 is 5.07. The Morgan fingerprint density at radius 2 is 1.86 bits per heavy atom. The first-order valence-corrected chi connectivity index (χ1v) is 9.91. The maximum Gasteiger partial charge on any atom is 0.407 e. The number of pyridine rings is 1. The molecule has 2 aliphatic heterocycles. The van der Waals surface area contributed by atoms with Crippen LogP contribution in [0.4, 0.5) is 4.79 Å². The molecule has 0 radical (unpaired) electrons. The molecule has 1 atom stereocenters. The minimum atomic E-state index is -0.395. The molecule has 2 amide bonds. The highest BCUT2D eigenvalue weighted by Gasteiger charge is 2.43. The molecule has 7 nitrogen and oxygen atoms in total. The molecule has 7 heteroatoms. The van der Waals surface area contributed by atoms with Gasteiger partial charge in [0, 0.05) is 24.3 Å². The van der Waals surface area contributed by atoms with Crippen LogP contribution in [0.2, 0.25) is 0 Å². The number of likely N-dealkylation sites (tertiary alicyclic amines) is 1. The van der Waals surface area contributed by atoms with Crippen molar-refractivity contribution in [2.45, 2.75) is 32.2 Å². The monoisotopic (exact) mass is 395 g/mol. The normalized spacial score (nSPS) is 22.3. The second-order valence-electron chi connectivity index (χ2n) is 8.10. The minimum Gasteiger partial charge on any atom is -0.447 e. The standard InChI is InChI=1S/C22H25N3O4/c1-14-17(15-6-4-3-5-7-15)12-18(19(26)23-14)20(27)25-10-8-16(9-11-25)22(2)13-29-21(28)24-22/h3-7,12,16H,8-11,13H2,1-2H3,(H,23,26)(H,24,28). The number of ether oxygens (including phenoxy) is 1. The zero-order valence-electron chi connectivity index (χ0n) is 16.7. The van der Waals surface area contributed by atoms with E-state index >= 15 is 0 Å². The van der Waals surface area contributed by atoms with Crippen molar-refractivity contribution in [3.05, 3.63) is 58.0 Å². The first-order chi connectivity index (χ1) is 13.9. The zero-order chi connectivity index (χ0) is 20.6. The van der Waals surface area contributed by atoms with Crippen LogP contribution in [0.1, 0.15) is 35.8 Å². The molecule has 0 bridgehead atoms. The molecule has 1 aromatic carbocycles. The predicted molar refractivity (Wildman–Crippen MR) is 109 cm³/mol. The number of nitrogens with one attached hydrogen (secondary N) is 2. The third-order valence-electron chi connectivity index (χ3n) is 6.13. The minimum absolute atomic E-state index is 0.164. The van der Waals surface area contributed by atoms with Crippen LogP contribution in [0.25, 0.3) is 11.1 Å².